The van der Waals surface area contributed by atoms with Crippen LogP contribution in [0.5, 0.6) is 0 Å². The lowest BCUT2D eigenvalue weighted by atomic mass is 10.2. The summed E-state index contributed by atoms with van der Waals surface area (Å²) >= 11 is 1.38. The highest BCUT2D eigenvalue weighted by molar-refractivity contribution is 8.00. The maximum atomic E-state index is 12.7. The van der Waals surface area contributed by atoms with Gasteiger partial charge in [-0.05, 0) is 49.9 Å². The summed E-state index contributed by atoms with van der Waals surface area (Å²) < 4.78 is 0. The quantitative estimate of drug-likeness (QED) is 0.658. The molecule has 26 heavy (non-hydrogen) atoms. The predicted octanol–water partition coefficient (Wildman–Crippen LogP) is 5.11. The van der Waals surface area contributed by atoms with Crippen LogP contribution in [0.25, 0.3) is 0 Å². The maximum absolute atomic E-state index is 12.7. The van der Waals surface area contributed by atoms with Crippen LogP contribution in [-0.4, -0.2) is 16.1 Å². The third kappa shape index (κ3) is 5.34. The maximum Gasteiger partial charge on any atom is 0.237 e. The lowest BCUT2D eigenvalue weighted by Gasteiger charge is -2.16. The lowest BCUT2D eigenvalue weighted by molar-refractivity contribution is -0.115. The van der Waals surface area contributed by atoms with E-state index in [2.05, 4.69) is 23.3 Å². The highest BCUT2D eigenvalue weighted by atomic mass is 32.2. The Kier molecular flexibility index (Phi) is 7.68. The van der Waals surface area contributed by atoms with Gasteiger partial charge in [-0.2, -0.15) is 5.26 Å². The van der Waals surface area contributed by atoms with Gasteiger partial charge < -0.3 is 5.32 Å². The molecule has 0 aliphatic rings. The van der Waals surface area contributed by atoms with Gasteiger partial charge in [-0.25, -0.2) is 4.98 Å². The summed E-state index contributed by atoms with van der Waals surface area (Å²) in [6, 6.07) is 13.6. The van der Waals surface area contributed by atoms with E-state index >= 15 is 0 Å². The molecular weight excluding hydrogens is 342 g/mol. The van der Waals surface area contributed by atoms with Crippen molar-refractivity contribution in [3.63, 3.8) is 0 Å². The summed E-state index contributed by atoms with van der Waals surface area (Å²) in [5.41, 5.74) is 3.35. The minimum Gasteiger partial charge on any atom is -0.325 e. The summed E-state index contributed by atoms with van der Waals surface area (Å²) in [4.78, 5) is 17.4. The number of aryl methyl sites for hydroxylation is 2. The van der Waals surface area contributed by atoms with Crippen molar-refractivity contribution in [3.8, 4) is 6.07 Å². The number of carbonyl (C=O) groups excluding carboxylic acids is 1. The Bertz CT molecular complexity index is 798. The zero-order chi connectivity index (χ0) is 18.9. The Morgan fingerprint density at radius 2 is 2.04 bits per heavy atom. The highest BCUT2D eigenvalue weighted by Crippen LogP contribution is 2.28. The van der Waals surface area contributed by atoms with Crippen molar-refractivity contribution >= 4 is 23.4 Å². The number of nitrogens with one attached hydrogen (secondary N) is 1. The standard InChI is InChI=1S/C21H25N3OS/c1-4-6-10-17-13-12-16(14-22)21(23-17)26-19(5-2)20(25)24-18-11-8-7-9-15(18)3/h7-9,11-13,19H,4-6,10H2,1-3H3,(H,24,25). The molecule has 1 unspecified atom stereocenters. The number of nitrogens with zero attached hydrogens (tertiary/aromatic N) is 2. The van der Waals surface area contributed by atoms with Crippen molar-refractivity contribution in [3.05, 3.63) is 53.2 Å². The minimum absolute atomic E-state index is 0.0588. The first-order valence-electron chi connectivity index (χ1n) is 9.02. The average Bonchev–Trinajstić information content (AvgIpc) is 2.66. The van der Waals surface area contributed by atoms with Crippen LogP contribution in [0.1, 0.15) is 49.9 Å². The van der Waals surface area contributed by atoms with Crippen molar-refractivity contribution in [2.45, 2.75) is 56.7 Å². The number of hydrogen-bond acceptors (Lipinski definition) is 4. The van der Waals surface area contributed by atoms with Gasteiger partial charge in [0.2, 0.25) is 5.91 Å². The van der Waals surface area contributed by atoms with E-state index in [0.29, 0.717) is 17.0 Å². The van der Waals surface area contributed by atoms with Crippen LogP contribution in [0, 0.1) is 18.3 Å². The molecule has 2 rings (SSSR count). The Balaban J connectivity index is 2.17. The number of aromatic nitrogens is 1. The average molecular weight is 368 g/mol. The van der Waals surface area contributed by atoms with Crippen molar-refractivity contribution in [1.82, 2.24) is 4.98 Å². The second-order valence-electron chi connectivity index (χ2n) is 6.19. The molecule has 0 fully saturated rings. The van der Waals surface area contributed by atoms with Crippen LogP contribution in [0.15, 0.2) is 41.4 Å². The molecule has 2 aromatic rings. The van der Waals surface area contributed by atoms with E-state index in [1.807, 2.05) is 50.2 Å². The molecule has 1 aromatic carbocycles. The highest BCUT2D eigenvalue weighted by Gasteiger charge is 2.21. The number of benzene rings is 1. The monoisotopic (exact) mass is 367 g/mol. The van der Waals surface area contributed by atoms with Gasteiger partial charge in [0.25, 0.3) is 0 Å². The van der Waals surface area contributed by atoms with Crippen LogP contribution in [-0.2, 0) is 11.2 Å². The molecule has 1 amide bonds. The SMILES string of the molecule is CCCCc1ccc(C#N)c(SC(CC)C(=O)Nc2ccccc2C)n1. The van der Waals surface area contributed by atoms with E-state index in [4.69, 9.17) is 0 Å². The fourth-order valence-corrected chi connectivity index (χ4v) is 3.55. The smallest absolute Gasteiger partial charge is 0.237 e. The molecule has 136 valence electrons. The molecule has 1 heterocycles. The molecule has 0 saturated heterocycles. The number of carbonyl (C=O) groups is 1. The van der Waals surface area contributed by atoms with Crippen LogP contribution in [0.4, 0.5) is 5.69 Å². The Morgan fingerprint density at radius 3 is 2.69 bits per heavy atom. The molecule has 1 aromatic heterocycles. The summed E-state index contributed by atoms with van der Waals surface area (Å²) in [6.45, 7) is 6.08. The molecule has 1 atom stereocenters. The van der Waals surface area contributed by atoms with Gasteiger partial charge in [0, 0.05) is 11.4 Å². The zero-order valence-corrected chi connectivity index (χ0v) is 16.4. The number of nitriles is 1. The number of thioether (sulfide) groups is 1. The lowest BCUT2D eigenvalue weighted by Crippen LogP contribution is -2.25. The Labute approximate surface area is 160 Å². The number of hydrogen-bond donors (Lipinski definition) is 1. The van der Waals surface area contributed by atoms with Crippen molar-refractivity contribution in [2.75, 3.05) is 5.32 Å². The molecule has 0 bridgehead atoms. The van der Waals surface area contributed by atoms with Crippen LogP contribution < -0.4 is 5.32 Å². The number of para-hydroxylation sites is 1. The minimum atomic E-state index is -0.296. The molecule has 0 aliphatic heterocycles. The summed E-state index contributed by atoms with van der Waals surface area (Å²) in [5.74, 6) is -0.0588. The summed E-state index contributed by atoms with van der Waals surface area (Å²) in [5, 5.41) is 12.7. The first-order chi connectivity index (χ1) is 12.6. The second-order valence-corrected chi connectivity index (χ2v) is 7.38. The van der Waals surface area contributed by atoms with Gasteiger partial charge in [-0.3, -0.25) is 4.79 Å². The van der Waals surface area contributed by atoms with Gasteiger partial charge in [0.05, 0.1) is 10.8 Å². The third-order valence-corrected chi connectivity index (χ3v) is 5.51. The van der Waals surface area contributed by atoms with E-state index in [1.165, 1.54) is 11.8 Å². The van der Waals surface area contributed by atoms with E-state index < -0.39 is 0 Å². The molecule has 0 saturated carbocycles. The largest absolute Gasteiger partial charge is 0.325 e. The first kappa shape index (κ1) is 20.0. The van der Waals surface area contributed by atoms with Crippen molar-refractivity contribution in [2.24, 2.45) is 0 Å². The molecule has 0 aliphatic carbocycles. The zero-order valence-electron chi connectivity index (χ0n) is 15.6. The topological polar surface area (TPSA) is 65.8 Å². The van der Waals surface area contributed by atoms with Gasteiger partial charge in [-0.15, -0.1) is 0 Å². The molecule has 0 spiro atoms. The third-order valence-electron chi connectivity index (χ3n) is 4.14. The van der Waals surface area contributed by atoms with Crippen molar-refractivity contribution < 1.29 is 4.79 Å². The molecule has 0 radical (unpaired) electrons. The summed E-state index contributed by atoms with van der Waals surface area (Å²) in [6.07, 6.45) is 3.71. The Hall–Kier alpha value is -2.32. The Morgan fingerprint density at radius 1 is 1.27 bits per heavy atom. The summed E-state index contributed by atoms with van der Waals surface area (Å²) in [7, 11) is 0. The number of amides is 1. The van der Waals surface area contributed by atoms with Crippen LogP contribution in [0.2, 0.25) is 0 Å². The van der Waals surface area contributed by atoms with Crippen LogP contribution >= 0.6 is 11.8 Å². The van der Waals surface area contributed by atoms with Gasteiger partial charge in [0.1, 0.15) is 11.1 Å². The molecule has 5 heteroatoms. The molecule has 1 N–H and O–H groups in total. The number of rotatable bonds is 8. The van der Waals surface area contributed by atoms with E-state index in [0.717, 1.165) is 36.2 Å². The van der Waals surface area contributed by atoms with Gasteiger partial charge >= 0.3 is 0 Å². The van der Waals surface area contributed by atoms with E-state index in [-0.39, 0.29) is 11.2 Å². The number of pyridine rings is 1. The van der Waals surface area contributed by atoms with Crippen molar-refractivity contribution in [1.29, 1.82) is 5.26 Å². The fraction of sp³-hybridized carbons (Fsp3) is 0.381. The van der Waals surface area contributed by atoms with E-state index in [1.54, 1.807) is 0 Å². The normalized spacial score (nSPS) is 11.6. The van der Waals surface area contributed by atoms with Crippen LogP contribution in [0.3, 0.4) is 0 Å². The molecule has 4 nitrogen and oxygen atoms in total. The fourth-order valence-electron chi connectivity index (χ4n) is 2.53. The predicted molar refractivity (Wildman–Crippen MR) is 107 cm³/mol. The van der Waals surface area contributed by atoms with E-state index in [9.17, 15) is 10.1 Å². The number of unbranched alkanes of at least 4 members (excludes halogenated alkanes) is 1. The second kappa shape index (κ2) is 9.98. The van der Waals surface area contributed by atoms with Gasteiger partial charge in [0.15, 0.2) is 0 Å². The first-order valence-corrected chi connectivity index (χ1v) is 9.90. The molecular formula is C21H25N3OS. The number of anilines is 1. The van der Waals surface area contributed by atoms with Gasteiger partial charge in [-0.1, -0.05) is 50.2 Å².